The number of nitrogens with zero attached hydrogens (tertiary/aromatic N) is 3. The van der Waals surface area contributed by atoms with Crippen LogP contribution in [0, 0.1) is 0 Å². The summed E-state index contributed by atoms with van der Waals surface area (Å²) in [4.78, 5) is 12.4. The van der Waals surface area contributed by atoms with Crippen LogP contribution in [0.25, 0.3) is 22.0 Å². The van der Waals surface area contributed by atoms with E-state index in [9.17, 15) is 4.79 Å². The van der Waals surface area contributed by atoms with E-state index in [0.717, 1.165) is 27.7 Å². The van der Waals surface area contributed by atoms with E-state index in [-0.39, 0.29) is 12.5 Å². The average molecular weight is 328 g/mol. The van der Waals surface area contributed by atoms with Crippen LogP contribution in [-0.2, 0) is 11.3 Å². The normalized spacial score (nSPS) is 10.7. The smallest absolute Gasteiger partial charge is 0.246 e. The van der Waals surface area contributed by atoms with Crippen LogP contribution >= 0.6 is 0 Å². The second-order valence-corrected chi connectivity index (χ2v) is 5.74. The van der Waals surface area contributed by atoms with E-state index in [4.69, 9.17) is 0 Å². The Hall–Kier alpha value is -3.47. The molecule has 4 aromatic rings. The van der Waals surface area contributed by atoms with Gasteiger partial charge in [-0.05, 0) is 11.5 Å². The Kier molecular flexibility index (Phi) is 3.96. The Morgan fingerprint density at radius 1 is 0.920 bits per heavy atom. The number of amides is 1. The second-order valence-electron chi connectivity index (χ2n) is 5.74. The Bertz CT molecular complexity index is 1020. The van der Waals surface area contributed by atoms with Crippen molar-refractivity contribution < 1.29 is 4.79 Å². The van der Waals surface area contributed by atoms with Crippen LogP contribution < -0.4 is 5.32 Å². The van der Waals surface area contributed by atoms with Gasteiger partial charge in [-0.15, -0.1) is 5.10 Å². The molecule has 0 bridgehead atoms. The maximum absolute atomic E-state index is 12.4. The van der Waals surface area contributed by atoms with Crippen molar-refractivity contribution in [2.75, 3.05) is 5.32 Å². The van der Waals surface area contributed by atoms with Gasteiger partial charge in [0.1, 0.15) is 12.2 Å². The van der Waals surface area contributed by atoms with Gasteiger partial charge in [0, 0.05) is 16.6 Å². The van der Waals surface area contributed by atoms with Crippen LogP contribution in [0.5, 0.6) is 0 Å². The number of aromatic nitrogens is 3. The first-order chi connectivity index (χ1) is 12.3. The fourth-order valence-electron chi connectivity index (χ4n) is 2.79. The standard InChI is InChI=1S/C20H16N4O/c25-20(21-18-12-6-10-15-7-4-5-11-17(15)18)14-24-13-19(22-23-24)16-8-2-1-3-9-16/h1-13H,14H2,(H,21,25). The summed E-state index contributed by atoms with van der Waals surface area (Å²) < 4.78 is 1.54. The SMILES string of the molecule is O=C(Cn1cc(-c2ccccc2)nn1)Nc1cccc2ccccc12. The third-order valence-electron chi connectivity index (χ3n) is 3.98. The summed E-state index contributed by atoms with van der Waals surface area (Å²) in [5.41, 5.74) is 2.52. The minimum atomic E-state index is -0.138. The number of rotatable bonds is 4. The zero-order chi connectivity index (χ0) is 17.1. The van der Waals surface area contributed by atoms with E-state index in [1.54, 1.807) is 10.9 Å². The van der Waals surface area contributed by atoms with Crippen LogP contribution in [0.1, 0.15) is 0 Å². The fourth-order valence-corrected chi connectivity index (χ4v) is 2.79. The molecule has 1 aromatic heterocycles. The number of fused-ring (bicyclic) bond motifs is 1. The summed E-state index contributed by atoms with van der Waals surface area (Å²) in [6, 6.07) is 23.6. The number of carbonyl (C=O) groups excluding carboxylic acids is 1. The van der Waals surface area contributed by atoms with Crippen molar-refractivity contribution in [3.63, 3.8) is 0 Å². The largest absolute Gasteiger partial charge is 0.324 e. The van der Waals surface area contributed by atoms with Crippen molar-refractivity contribution in [2.24, 2.45) is 0 Å². The highest BCUT2D eigenvalue weighted by Crippen LogP contribution is 2.23. The molecule has 5 nitrogen and oxygen atoms in total. The van der Waals surface area contributed by atoms with Crippen molar-refractivity contribution in [2.45, 2.75) is 6.54 Å². The molecule has 1 amide bonds. The van der Waals surface area contributed by atoms with Gasteiger partial charge in [0.2, 0.25) is 5.91 Å². The average Bonchev–Trinajstić information content (AvgIpc) is 3.11. The molecule has 1 heterocycles. The lowest BCUT2D eigenvalue weighted by Crippen LogP contribution is -2.19. The van der Waals surface area contributed by atoms with E-state index in [0.29, 0.717) is 0 Å². The molecule has 0 aliphatic rings. The molecule has 3 aromatic carbocycles. The number of hydrogen-bond acceptors (Lipinski definition) is 3. The maximum atomic E-state index is 12.4. The van der Waals surface area contributed by atoms with Crippen molar-refractivity contribution in [1.29, 1.82) is 0 Å². The molecule has 0 aliphatic heterocycles. The van der Waals surface area contributed by atoms with E-state index in [2.05, 4.69) is 15.6 Å². The lowest BCUT2D eigenvalue weighted by Gasteiger charge is -2.08. The number of nitrogens with one attached hydrogen (secondary N) is 1. The molecular formula is C20H16N4O. The van der Waals surface area contributed by atoms with Crippen LogP contribution in [0.3, 0.4) is 0 Å². The van der Waals surface area contributed by atoms with Gasteiger partial charge < -0.3 is 5.32 Å². The summed E-state index contributed by atoms with van der Waals surface area (Å²) in [6.07, 6.45) is 1.78. The van der Waals surface area contributed by atoms with Crippen LogP contribution in [-0.4, -0.2) is 20.9 Å². The first kappa shape index (κ1) is 15.1. The molecule has 122 valence electrons. The summed E-state index contributed by atoms with van der Waals surface area (Å²) in [6.45, 7) is 0.114. The molecule has 1 N–H and O–H groups in total. The molecule has 0 saturated heterocycles. The number of benzene rings is 3. The van der Waals surface area contributed by atoms with E-state index >= 15 is 0 Å². The molecule has 0 saturated carbocycles. The predicted octanol–water partition coefficient (Wildman–Crippen LogP) is 3.74. The molecule has 0 atom stereocenters. The minimum absolute atomic E-state index is 0.114. The van der Waals surface area contributed by atoms with Gasteiger partial charge in [-0.25, -0.2) is 4.68 Å². The molecule has 0 unspecified atom stereocenters. The van der Waals surface area contributed by atoms with Gasteiger partial charge in [0.15, 0.2) is 0 Å². The molecule has 0 aliphatic carbocycles. The molecule has 25 heavy (non-hydrogen) atoms. The highest BCUT2D eigenvalue weighted by atomic mass is 16.2. The number of anilines is 1. The van der Waals surface area contributed by atoms with Crippen LogP contribution in [0.4, 0.5) is 5.69 Å². The Morgan fingerprint density at radius 2 is 1.68 bits per heavy atom. The van der Waals surface area contributed by atoms with Crippen molar-refractivity contribution in [1.82, 2.24) is 15.0 Å². The molecule has 0 fully saturated rings. The van der Waals surface area contributed by atoms with Gasteiger partial charge in [-0.2, -0.15) is 0 Å². The molecule has 0 spiro atoms. The summed E-state index contributed by atoms with van der Waals surface area (Å²) in [7, 11) is 0. The van der Waals surface area contributed by atoms with E-state index in [1.165, 1.54) is 0 Å². The summed E-state index contributed by atoms with van der Waals surface area (Å²) in [5, 5.41) is 13.2. The maximum Gasteiger partial charge on any atom is 0.246 e. The van der Waals surface area contributed by atoms with Crippen molar-refractivity contribution in [3.8, 4) is 11.3 Å². The predicted molar refractivity (Wildman–Crippen MR) is 98.0 cm³/mol. The third kappa shape index (κ3) is 3.26. The monoisotopic (exact) mass is 328 g/mol. The zero-order valence-electron chi connectivity index (χ0n) is 13.5. The third-order valence-corrected chi connectivity index (χ3v) is 3.98. The first-order valence-corrected chi connectivity index (χ1v) is 8.03. The summed E-state index contributed by atoms with van der Waals surface area (Å²) in [5.74, 6) is -0.138. The van der Waals surface area contributed by atoms with Gasteiger partial charge in [0.05, 0.1) is 6.20 Å². The van der Waals surface area contributed by atoms with Gasteiger partial charge in [0.25, 0.3) is 0 Å². The summed E-state index contributed by atoms with van der Waals surface area (Å²) >= 11 is 0. The van der Waals surface area contributed by atoms with Gasteiger partial charge in [-0.3, -0.25) is 4.79 Å². The number of hydrogen-bond donors (Lipinski definition) is 1. The van der Waals surface area contributed by atoms with E-state index < -0.39 is 0 Å². The van der Waals surface area contributed by atoms with Crippen LogP contribution in [0.15, 0.2) is 79.0 Å². The van der Waals surface area contributed by atoms with Gasteiger partial charge in [-0.1, -0.05) is 71.9 Å². The highest BCUT2D eigenvalue weighted by Gasteiger charge is 2.09. The molecule has 4 rings (SSSR count). The fraction of sp³-hybridized carbons (Fsp3) is 0.0500. The quantitative estimate of drug-likeness (QED) is 0.621. The molecular weight excluding hydrogens is 312 g/mol. The Labute approximate surface area is 144 Å². The zero-order valence-corrected chi connectivity index (χ0v) is 13.5. The van der Waals surface area contributed by atoms with Crippen LogP contribution in [0.2, 0.25) is 0 Å². The topological polar surface area (TPSA) is 59.8 Å². The number of carbonyl (C=O) groups is 1. The Balaban J connectivity index is 1.50. The van der Waals surface area contributed by atoms with E-state index in [1.807, 2.05) is 72.8 Å². The first-order valence-electron chi connectivity index (χ1n) is 8.03. The molecule has 5 heteroatoms. The Morgan fingerprint density at radius 3 is 2.56 bits per heavy atom. The second kappa shape index (κ2) is 6.57. The highest BCUT2D eigenvalue weighted by molar-refractivity contribution is 6.01. The lowest BCUT2D eigenvalue weighted by atomic mass is 10.1. The lowest BCUT2D eigenvalue weighted by molar-refractivity contribution is -0.116. The van der Waals surface area contributed by atoms with Crippen molar-refractivity contribution >= 4 is 22.4 Å². The van der Waals surface area contributed by atoms with Crippen molar-refractivity contribution in [3.05, 3.63) is 79.0 Å². The minimum Gasteiger partial charge on any atom is -0.324 e. The molecule has 0 radical (unpaired) electrons. The van der Waals surface area contributed by atoms with Gasteiger partial charge >= 0.3 is 0 Å².